The van der Waals surface area contributed by atoms with Gasteiger partial charge in [0.2, 0.25) is 0 Å². The number of rotatable bonds is 3. The van der Waals surface area contributed by atoms with Gasteiger partial charge in [0.1, 0.15) is 5.60 Å². The highest BCUT2D eigenvalue weighted by molar-refractivity contribution is 5.85. The second-order valence-corrected chi connectivity index (χ2v) is 3.32. The van der Waals surface area contributed by atoms with Gasteiger partial charge in [-0.25, -0.2) is 0 Å². The molecule has 13 heavy (non-hydrogen) atoms. The number of aliphatic hydroxyl groups is 1. The lowest BCUT2D eigenvalue weighted by atomic mass is 9.75. The fourth-order valence-corrected chi connectivity index (χ4v) is 1.31. The van der Waals surface area contributed by atoms with E-state index in [4.69, 9.17) is 0 Å². The van der Waals surface area contributed by atoms with Crippen LogP contribution >= 0.6 is 0 Å². The van der Waals surface area contributed by atoms with Crippen LogP contribution in [0, 0.1) is 0 Å². The van der Waals surface area contributed by atoms with E-state index in [-0.39, 0.29) is 19.4 Å². The average Bonchev–Trinajstić information content (AvgIpc) is 2.00. The van der Waals surface area contributed by atoms with Gasteiger partial charge in [-0.3, -0.25) is 4.79 Å². The van der Waals surface area contributed by atoms with E-state index in [9.17, 15) is 18.7 Å². The molecule has 0 bridgehead atoms. The predicted molar refractivity (Wildman–Crippen MR) is 42.4 cm³/mol. The van der Waals surface area contributed by atoms with E-state index in [0.717, 1.165) is 0 Å². The summed E-state index contributed by atoms with van der Waals surface area (Å²) in [6.45, 7) is 1.70. The first kappa shape index (κ1) is 10.4. The molecule has 0 aromatic carbocycles. The molecule has 1 rings (SSSR count). The molecule has 1 amide bonds. The van der Waals surface area contributed by atoms with Gasteiger partial charge in [-0.1, -0.05) is 0 Å². The summed E-state index contributed by atoms with van der Waals surface area (Å²) in [7, 11) is 0. The van der Waals surface area contributed by atoms with Crippen LogP contribution in [-0.4, -0.2) is 29.1 Å². The highest BCUT2D eigenvalue weighted by Crippen LogP contribution is 2.44. The molecule has 1 saturated carbocycles. The fourth-order valence-electron chi connectivity index (χ4n) is 1.31. The second-order valence-electron chi connectivity index (χ2n) is 3.32. The van der Waals surface area contributed by atoms with Gasteiger partial charge < -0.3 is 10.4 Å². The van der Waals surface area contributed by atoms with Crippen LogP contribution in [0.5, 0.6) is 0 Å². The minimum atomic E-state index is -3.65. The molecule has 0 aromatic rings. The number of carbonyl (C=O) groups excluding carboxylic acids is 1. The lowest BCUT2D eigenvalue weighted by Crippen LogP contribution is -2.60. The molecule has 0 saturated heterocycles. The lowest BCUT2D eigenvalue weighted by Gasteiger charge is -2.41. The minimum Gasteiger partial charge on any atom is -0.383 e. The largest absolute Gasteiger partial charge is 0.383 e. The second kappa shape index (κ2) is 3.21. The van der Waals surface area contributed by atoms with E-state index in [1.807, 2.05) is 5.32 Å². The molecule has 0 aromatic heterocycles. The minimum absolute atomic E-state index is 0.00284. The fraction of sp³-hybridized carbons (Fsp3) is 0.875. The Balaban J connectivity index is 2.68. The standard InChI is InChI=1S/C8H13F2NO2/c1-2-11-6(12)8(9,10)7(13)4-3-5-7/h13H,2-5H2,1H3,(H,11,12). The SMILES string of the molecule is CCNC(=O)C(F)(F)C1(O)CCC1. The zero-order chi connectivity index (χ0) is 10.1. The van der Waals surface area contributed by atoms with Gasteiger partial charge in [0.25, 0.3) is 5.91 Å². The Kier molecular flexibility index (Phi) is 2.56. The highest BCUT2D eigenvalue weighted by atomic mass is 19.3. The predicted octanol–water partition coefficient (Wildman–Crippen LogP) is 0.673. The lowest BCUT2D eigenvalue weighted by molar-refractivity contribution is -0.215. The topological polar surface area (TPSA) is 49.3 Å². The van der Waals surface area contributed by atoms with Crippen molar-refractivity contribution < 1.29 is 18.7 Å². The maximum Gasteiger partial charge on any atom is 0.352 e. The summed E-state index contributed by atoms with van der Waals surface area (Å²) in [5, 5.41) is 11.3. The third-order valence-corrected chi connectivity index (χ3v) is 2.39. The summed E-state index contributed by atoms with van der Waals surface area (Å²) < 4.78 is 26.3. The molecule has 1 aliphatic rings. The molecular weight excluding hydrogens is 180 g/mol. The van der Waals surface area contributed by atoms with Gasteiger partial charge in [-0.2, -0.15) is 8.78 Å². The first-order chi connectivity index (χ1) is 5.94. The third kappa shape index (κ3) is 1.52. The molecule has 0 spiro atoms. The Bertz CT molecular complexity index is 214. The number of hydrogen-bond donors (Lipinski definition) is 2. The van der Waals surface area contributed by atoms with Crippen LogP contribution in [0.4, 0.5) is 8.78 Å². The van der Waals surface area contributed by atoms with Gasteiger partial charge in [-0.15, -0.1) is 0 Å². The van der Waals surface area contributed by atoms with Crippen LogP contribution in [0.25, 0.3) is 0 Å². The van der Waals surface area contributed by atoms with Crippen LogP contribution in [-0.2, 0) is 4.79 Å². The van der Waals surface area contributed by atoms with E-state index < -0.39 is 17.4 Å². The molecule has 1 aliphatic carbocycles. The van der Waals surface area contributed by atoms with Gasteiger partial charge >= 0.3 is 5.92 Å². The molecule has 1 fully saturated rings. The van der Waals surface area contributed by atoms with E-state index in [0.29, 0.717) is 6.42 Å². The molecular formula is C8H13F2NO2. The van der Waals surface area contributed by atoms with Crippen LogP contribution in [0.2, 0.25) is 0 Å². The van der Waals surface area contributed by atoms with Gasteiger partial charge in [0.05, 0.1) is 0 Å². The number of carbonyl (C=O) groups is 1. The van der Waals surface area contributed by atoms with Crippen molar-refractivity contribution in [2.75, 3.05) is 6.54 Å². The maximum atomic E-state index is 13.2. The van der Waals surface area contributed by atoms with Crippen molar-refractivity contribution in [3.05, 3.63) is 0 Å². The average molecular weight is 193 g/mol. The van der Waals surface area contributed by atoms with Crippen molar-refractivity contribution in [1.82, 2.24) is 5.32 Å². The number of halogens is 2. The smallest absolute Gasteiger partial charge is 0.352 e. The number of hydrogen-bond acceptors (Lipinski definition) is 2. The van der Waals surface area contributed by atoms with E-state index in [1.165, 1.54) is 0 Å². The van der Waals surface area contributed by atoms with E-state index >= 15 is 0 Å². The number of amides is 1. The van der Waals surface area contributed by atoms with Crippen molar-refractivity contribution in [3.63, 3.8) is 0 Å². The van der Waals surface area contributed by atoms with E-state index in [1.54, 1.807) is 6.92 Å². The molecule has 76 valence electrons. The Morgan fingerprint density at radius 1 is 1.62 bits per heavy atom. The summed E-state index contributed by atoms with van der Waals surface area (Å²) in [6.07, 6.45) is 0.541. The van der Waals surface area contributed by atoms with Gasteiger partial charge in [-0.05, 0) is 26.2 Å². The normalized spacial score (nSPS) is 20.6. The highest BCUT2D eigenvalue weighted by Gasteiger charge is 2.60. The summed E-state index contributed by atoms with van der Waals surface area (Å²) in [5.41, 5.74) is -2.10. The molecule has 0 aliphatic heterocycles. The Morgan fingerprint density at radius 2 is 2.15 bits per heavy atom. The van der Waals surface area contributed by atoms with Crippen molar-refractivity contribution in [2.24, 2.45) is 0 Å². The molecule has 3 nitrogen and oxygen atoms in total. The third-order valence-electron chi connectivity index (χ3n) is 2.39. The summed E-state index contributed by atoms with van der Waals surface area (Å²) >= 11 is 0. The number of nitrogens with one attached hydrogen (secondary N) is 1. The first-order valence-corrected chi connectivity index (χ1v) is 4.32. The quantitative estimate of drug-likeness (QED) is 0.692. The summed E-state index contributed by atoms with van der Waals surface area (Å²) in [4.78, 5) is 10.9. The van der Waals surface area contributed by atoms with Crippen molar-refractivity contribution in [1.29, 1.82) is 0 Å². The molecule has 2 N–H and O–H groups in total. The molecule has 0 heterocycles. The van der Waals surface area contributed by atoms with Crippen LogP contribution in [0.3, 0.4) is 0 Å². The van der Waals surface area contributed by atoms with Crippen LogP contribution in [0.1, 0.15) is 26.2 Å². The van der Waals surface area contributed by atoms with Gasteiger partial charge in [0, 0.05) is 6.54 Å². The molecule has 0 radical (unpaired) electrons. The summed E-state index contributed by atoms with van der Waals surface area (Å²) in [5.74, 6) is -5.03. The molecule has 0 atom stereocenters. The molecule has 0 unspecified atom stereocenters. The maximum absolute atomic E-state index is 13.2. The Hall–Kier alpha value is -0.710. The Labute approximate surface area is 75.1 Å². The number of alkyl halides is 2. The van der Waals surface area contributed by atoms with E-state index in [2.05, 4.69) is 0 Å². The van der Waals surface area contributed by atoms with Crippen molar-refractivity contribution >= 4 is 5.91 Å². The van der Waals surface area contributed by atoms with Crippen LogP contribution < -0.4 is 5.32 Å². The van der Waals surface area contributed by atoms with Crippen molar-refractivity contribution in [2.45, 2.75) is 37.7 Å². The zero-order valence-electron chi connectivity index (χ0n) is 7.44. The monoisotopic (exact) mass is 193 g/mol. The molecule has 5 heteroatoms. The Morgan fingerprint density at radius 3 is 2.46 bits per heavy atom. The zero-order valence-corrected chi connectivity index (χ0v) is 7.44. The van der Waals surface area contributed by atoms with Crippen LogP contribution in [0.15, 0.2) is 0 Å². The first-order valence-electron chi connectivity index (χ1n) is 4.32. The van der Waals surface area contributed by atoms with Gasteiger partial charge in [0.15, 0.2) is 0 Å². The van der Waals surface area contributed by atoms with Crippen molar-refractivity contribution in [3.8, 4) is 0 Å². The summed E-state index contributed by atoms with van der Waals surface area (Å²) in [6, 6.07) is 0.